The van der Waals surface area contributed by atoms with Crippen LogP contribution in [-0.4, -0.2) is 16.0 Å². The molecule has 0 amide bonds. The first-order valence-corrected chi connectivity index (χ1v) is 6.32. The third-order valence-electron chi connectivity index (χ3n) is 2.84. The highest BCUT2D eigenvalue weighted by Crippen LogP contribution is 2.35. The fraction of sp³-hybridized carbons (Fsp3) is 0.636. The number of halogens is 1. The molecule has 15 heavy (non-hydrogen) atoms. The largest absolute Gasteiger partial charge is 0.367 e. The van der Waals surface area contributed by atoms with Gasteiger partial charge in [0.1, 0.15) is 16.2 Å². The van der Waals surface area contributed by atoms with Crippen LogP contribution in [0.15, 0.2) is 10.7 Å². The van der Waals surface area contributed by atoms with Crippen LogP contribution in [0.1, 0.15) is 32.5 Å². The maximum absolute atomic E-state index is 4.45. The molecule has 0 bridgehead atoms. The minimum absolute atomic E-state index is 0.626. The summed E-state index contributed by atoms with van der Waals surface area (Å²) in [6.07, 6.45) is 3.40. The molecule has 82 valence electrons. The molecule has 1 aromatic rings. The van der Waals surface area contributed by atoms with Gasteiger partial charge < -0.3 is 5.32 Å². The molecular formula is C11H16BrN3. The molecule has 1 heterocycles. The van der Waals surface area contributed by atoms with Gasteiger partial charge in [-0.3, -0.25) is 0 Å². The molecule has 1 aliphatic carbocycles. The number of anilines is 1. The molecule has 3 nitrogen and oxygen atoms in total. The van der Waals surface area contributed by atoms with E-state index in [4.69, 9.17) is 0 Å². The fourth-order valence-corrected chi connectivity index (χ4v) is 2.18. The van der Waals surface area contributed by atoms with Crippen LogP contribution in [0.4, 0.5) is 5.82 Å². The summed E-state index contributed by atoms with van der Waals surface area (Å²) in [6, 6.07) is 2.58. The van der Waals surface area contributed by atoms with Crippen molar-refractivity contribution in [2.45, 2.75) is 39.2 Å². The van der Waals surface area contributed by atoms with Crippen LogP contribution in [-0.2, 0) is 6.42 Å². The smallest absolute Gasteiger partial charge is 0.131 e. The molecule has 0 saturated heterocycles. The Morgan fingerprint density at radius 3 is 2.87 bits per heavy atom. The molecule has 0 aliphatic heterocycles. The molecule has 1 aliphatic rings. The molecule has 2 atom stereocenters. The van der Waals surface area contributed by atoms with Crippen molar-refractivity contribution >= 4 is 21.7 Å². The Morgan fingerprint density at radius 2 is 2.27 bits per heavy atom. The van der Waals surface area contributed by atoms with Crippen molar-refractivity contribution in [2.24, 2.45) is 5.92 Å². The van der Waals surface area contributed by atoms with Gasteiger partial charge in [-0.15, -0.1) is 0 Å². The molecule has 0 radical (unpaired) electrons. The number of nitrogens with one attached hydrogen (secondary N) is 1. The zero-order valence-corrected chi connectivity index (χ0v) is 10.7. The maximum atomic E-state index is 4.45. The second-order valence-electron chi connectivity index (χ2n) is 4.00. The van der Waals surface area contributed by atoms with E-state index in [1.165, 1.54) is 12.8 Å². The van der Waals surface area contributed by atoms with Gasteiger partial charge in [0, 0.05) is 18.5 Å². The molecule has 4 heteroatoms. The summed E-state index contributed by atoms with van der Waals surface area (Å²) >= 11 is 3.41. The second-order valence-corrected chi connectivity index (χ2v) is 4.81. The number of aryl methyl sites for hydroxylation is 1. The van der Waals surface area contributed by atoms with E-state index in [0.29, 0.717) is 6.04 Å². The molecule has 0 spiro atoms. The first-order valence-electron chi connectivity index (χ1n) is 5.53. The Bertz CT molecular complexity index is 354. The second kappa shape index (κ2) is 4.47. The molecule has 1 aromatic heterocycles. The first kappa shape index (κ1) is 10.9. The minimum Gasteiger partial charge on any atom is -0.367 e. The van der Waals surface area contributed by atoms with E-state index in [0.717, 1.165) is 28.6 Å². The number of hydrogen-bond acceptors (Lipinski definition) is 3. The van der Waals surface area contributed by atoms with E-state index in [2.05, 4.69) is 45.1 Å². The summed E-state index contributed by atoms with van der Waals surface area (Å²) in [4.78, 5) is 8.73. The average Bonchev–Trinajstić information content (AvgIpc) is 2.95. The third kappa shape index (κ3) is 2.68. The van der Waals surface area contributed by atoms with Crippen molar-refractivity contribution in [3.8, 4) is 0 Å². The van der Waals surface area contributed by atoms with Gasteiger partial charge in [0.2, 0.25) is 0 Å². The topological polar surface area (TPSA) is 37.8 Å². The van der Waals surface area contributed by atoms with Crippen molar-refractivity contribution in [1.82, 2.24) is 9.97 Å². The SMILES string of the molecule is CCc1nc(Br)cc(NC2CC2CC)n1. The van der Waals surface area contributed by atoms with E-state index in [-0.39, 0.29) is 0 Å². The van der Waals surface area contributed by atoms with Gasteiger partial charge in [-0.05, 0) is 28.3 Å². The van der Waals surface area contributed by atoms with Crippen LogP contribution in [0.2, 0.25) is 0 Å². The van der Waals surface area contributed by atoms with Gasteiger partial charge in [-0.2, -0.15) is 0 Å². The lowest BCUT2D eigenvalue weighted by Crippen LogP contribution is -2.08. The number of nitrogens with zero attached hydrogens (tertiary/aromatic N) is 2. The quantitative estimate of drug-likeness (QED) is 0.854. The van der Waals surface area contributed by atoms with Crippen LogP contribution in [0.3, 0.4) is 0 Å². The molecule has 1 saturated carbocycles. The van der Waals surface area contributed by atoms with E-state index in [1.807, 2.05) is 6.07 Å². The van der Waals surface area contributed by atoms with Crippen LogP contribution in [0.25, 0.3) is 0 Å². The third-order valence-corrected chi connectivity index (χ3v) is 3.24. The highest BCUT2D eigenvalue weighted by Gasteiger charge is 2.35. The number of rotatable bonds is 4. The summed E-state index contributed by atoms with van der Waals surface area (Å²) in [5, 5.41) is 3.45. The van der Waals surface area contributed by atoms with E-state index >= 15 is 0 Å². The van der Waals surface area contributed by atoms with E-state index in [1.54, 1.807) is 0 Å². The zero-order valence-electron chi connectivity index (χ0n) is 9.13. The zero-order chi connectivity index (χ0) is 10.8. The summed E-state index contributed by atoms with van der Waals surface area (Å²) < 4.78 is 0.866. The Hall–Kier alpha value is -0.640. The Morgan fingerprint density at radius 1 is 1.47 bits per heavy atom. The van der Waals surface area contributed by atoms with Gasteiger partial charge in [0.25, 0.3) is 0 Å². The van der Waals surface area contributed by atoms with E-state index in [9.17, 15) is 0 Å². The summed E-state index contributed by atoms with van der Waals surface area (Å²) in [7, 11) is 0. The van der Waals surface area contributed by atoms with Crippen molar-refractivity contribution in [3.05, 3.63) is 16.5 Å². The summed E-state index contributed by atoms with van der Waals surface area (Å²) in [5.41, 5.74) is 0. The van der Waals surface area contributed by atoms with Crippen molar-refractivity contribution in [2.75, 3.05) is 5.32 Å². The monoisotopic (exact) mass is 269 g/mol. The van der Waals surface area contributed by atoms with Gasteiger partial charge >= 0.3 is 0 Å². The Balaban J connectivity index is 2.05. The van der Waals surface area contributed by atoms with Gasteiger partial charge in [0.05, 0.1) is 0 Å². The average molecular weight is 270 g/mol. The molecular weight excluding hydrogens is 254 g/mol. The van der Waals surface area contributed by atoms with Crippen molar-refractivity contribution < 1.29 is 0 Å². The predicted octanol–water partition coefficient (Wildman–Crippen LogP) is 3.01. The van der Waals surface area contributed by atoms with Crippen molar-refractivity contribution in [1.29, 1.82) is 0 Å². The normalized spacial score (nSPS) is 23.9. The van der Waals surface area contributed by atoms with E-state index < -0.39 is 0 Å². The highest BCUT2D eigenvalue weighted by molar-refractivity contribution is 9.10. The number of aromatic nitrogens is 2. The molecule has 0 aromatic carbocycles. The highest BCUT2D eigenvalue weighted by atomic mass is 79.9. The van der Waals surface area contributed by atoms with Gasteiger partial charge in [-0.1, -0.05) is 20.3 Å². The molecule has 1 fully saturated rings. The lowest BCUT2D eigenvalue weighted by molar-refractivity contribution is 0.772. The minimum atomic E-state index is 0.626. The Kier molecular flexibility index (Phi) is 3.24. The van der Waals surface area contributed by atoms with Crippen molar-refractivity contribution in [3.63, 3.8) is 0 Å². The fourth-order valence-electron chi connectivity index (χ4n) is 1.76. The van der Waals surface area contributed by atoms with Crippen LogP contribution < -0.4 is 5.32 Å². The Labute approximate surface area is 98.8 Å². The molecule has 2 rings (SSSR count). The standard InChI is InChI=1S/C11H16BrN3/c1-3-7-5-8(7)13-11-6-9(12)14-10(4-2)15-11/h6-8H,3-5H2,1-2H3,(H,13,14,15). The van der Waals surface area contributed by atoms with Crippen LogP contribution >= 0.6 is 15.9 Å². The number of hydrogen-bond donors (Lipinski definition) is 1. The lowest BCUT2D eigenvalue weighted by Gasteiger charge is -2.06. The molecule has 2 unspecified atom stereocenters. The predicted molar refractivity (Wildman–Crippen MR) is 64.9 cm³/mol. The van der Waals surface area contributed by atoms with Crippen LogP contribution in [0.5, 0.6) is 0 Å². The maximum Gasteiger partial charge on any atom is 0.131 e. The van der Waals surface area contributed by atoms with Crippen LogP contribution in [0, 0.1) is 5.92 Å². The lowest BCUT2D eigenvalue weighted by atomic mass is 10.3. The van der Waals surface area contributed by atoms with Gasteiger partial charge in [-0.25, -0.2) is 9.97 Å². The summed E-state index contributed by atoms with van der Waals surface area (Å²) in [6.45, 7) is 4.30. The van der Waals surface area contributed by atoms with Gasteiger partial charge in [0.15, 0.2) is 0 Å². The summed E-state index contributed by atoms with van der Waals surface area (Å²) in [5.74, 6) is 2.68. The first-order chi connectivity index (χ1) is 7.22. The molecule has 1 N–H and O–H groups in total.